The molecule has 1 saturated heterocycles. The smallest absolute Gasteiger partial charge is 0.277 e. The van der Waals surface area contributed by atoms with Crippen molar-refractivity contribution >= 4 is 17.4 Å². The average Bonchev–Trinajstić information content (AvgIpc) is 2.85. The summed E-state index contributed by atoms with van der Waals surface area (Å²) in [6.45, 7) is 12.9. The lowest BCUT2D eigenvalue weighted by Gasteiger charge is -2.37. The molecule has 0 bridgehead atoms. The number of amides is 2. The molecule has 152 valence electrons. The predicted octanol–water partition coefficient (Wildman–Crippen LogP) is 4.55. The quantitative estimate of drug-likeness (QED) is 0.535. The number of benzene rings is 1. The van der Waals surface area contributed by atoms with Gasteiger partial charge in [-0.3, -0.25) is 14.5 Å². The maximum Gasteiger partial charge on any atom is 0.277 e. The van der Waals surface area contributed by atoms with Crippen molar-refractivity contribution in [2.75, 3.05) is 19.6 Å². The van der Waals surface area contributed by atoms with Gasteiger partial charge in [0.25, 0.3) is 11.8 Å². The molecule has 0 radical (unpaired) electrons. The van der Waals surface area contributed by atoms with Gasteiger partial charge in [0.05, 0.1) is 5.57 Å². The van der Waals surface area contributed by atoms with E-state index in [0.29, 0.717) is 29.7 Å². The van der Waals surface area contributed by atoms with E-state index in [1.165, 1.54) is 16.9 Å². The number of unbranched alkanes of at least 4 members (excludes halogenated alkanes) is 2. The van der Waals surface area contributed by atoms with E-state index in [1.54, 1.807) is 0 Å². The number of aryl methyl sites for hydroxylation is 2. The molecule has 3 rings (SSSR count). The molecule has 0 N–H and O–H groups in total. The lowest BCUT2D eigenvalue weighted by atomic mass is 9.90. The van der Waals surface area contributed by atoms with E-state index >= 15 is 0 Å². The van der Waals surface area contributed by atoms with Crippen LogP contribution in [0.2, 0.25) is 0 Å². The molecule has 0 aromatic heterocycles. The van der Waals surface area contributed by atoms with Crippen LogP contribution in [0.15, 0.2) is 23.9 Å². The second-order valence-electron chi connectivity index (χ2n) is 8.86. The van der Waals surface area contributed by atoms with Crippen molar-refractivity contribution in [1.82, 2.24) is 9.80 Å². The van der Waals surface area contributed by atoms with E-state index in [4.69, 9.17) is 0 Å². The van der Waals surface area contributed by atoms with Gasteiger partial charge >= 0.3 is 0 Å². The normalized spacial score (nSPS) is 23.2. The third-order valence-corrected chi connectivity index (χ3v) is 5.97. The molecule has 0 spiro atoms. The highest BCUT2D eigenvalue weighted by Crippen LogP contribution is 2.36. The van der Waals surface area contributed by atoms with E-state index in [-0.39, 0.29) is 11.8 Å². The predicted molar refractivity (Wildman–Crippen MR) is 114 cm³/mol. The molecule has 4 nitrogen and oxygen atoms in total. The highest BCUT2D eigenvalue weighted by molar-refractivity contribution is 6.35. The van der Waals surface area contributed by atoms with Crippen molar-refractivity contribution in [3.05, 3.63) is 40.6 Å². The summed E-state index contributed by atoms with van der Waals surface area (Å²) in [6.07, 6.45) is 4.14. The van der Waals surface area contributed by atoms with Crippen molar-refractivity contribution in [3.63, 3.8) is 0 Å². The van der Waals surface area contributed by atoms with E-state index in [0.717, 1.165) is 43.5 Å². The minimum atomic E-state index is -0.117. The molecule has 2 amide bonds. The SMILES string of the molecule is CCCCCN1C(=O)C(c2ccc(C)cc2C)=C(N2CC(C)CC(C)C2)C1=O. The zero-order valence-electron chi connectivity index (χ0n) is 18.0. The summed E-state index contributed by atoms with van der Waals surface area (Å²) in [7, 11) is 0. The molecule has 1 fully saturated rings. The number of hydrogen-bond acceptors (Lipinski definition) is 3. The molecule has 0 saturated carbocycles. The van der Waals surface area contributed by atoms with Gasteiger partial charge in [-0.15, -0.1) is 0 Å². The molecule has 2 unspecified atom stereocenters. The molecule has 28 heavy (non-hydrogen) atoms. The van der Waals surface area contributed by atoms with Gasteiger partial charge in [-0.05, 0) is 49.7 Å². The van der Waals surface area contributed by atoms with Crippen LogP contribution in [0.1, 0.15) is 63.1 Å². The van der Waals surface area contributed by atoms with Gasteiger partial charge in [-0.25, -0.2) is 0 Å². The second-order valence-corrected chi connectivity index (χ2v) is 8.86. The van der Waals surface area contributed by atoms with Crippen LogP contribution in [-0.4, -0.2) is 41.2 Å². The largest absolute Gasteiger partial charge is 0.366 e. The molecule has 1 aromatic rings. The average molecular weight is 383 g/mol. The summed E-state index contributed by atoms with van der Waals surface area (Å²) < 4.78 is 0. The van der Waals surface area contributed by atoms with Crippen LogP contribution in [0, 0.1) is 25.7 Å². The summed E-state index contributed by atoms with van der Waals surface area (Å²) >= 11 is 0. The van der Waals surface area contributed by atoms with Crippen molar-refractivity contribution in [2.24, 2.45) is 11.8 Å². The summed E-state index contributed by atoms with van der Waals surface area (Å²) in [4.78, 5) is 30.5. The highest BCUT2D eigenvalue weighted by Gasteiger charge is 2.42. The third kappa shape index (κ3) is 4.01. The Balaban J connectivity index is 2.05. The number of likely N-dealkylation sites (tertiary alicyclic amines) is 1. The Hall–Kier alpha value is -2.10. The second kappa shape index (κ2) is 8.50. The van der Waals surface area contributed by atoms with Gasteiger partial charge in [0.2, 0.25) is 0 Å². The molecule has 2 atom stereocenters. The number of nitrogens with zero attached hydrogens (tertiary/aromatic N) is 2. The first kappa shape index (κ1) is 20.6. The van der Waals surface area contributed by atoms with Gasteiger partial charge in [0.1, 0.15) is 5.70 Å². The topological polar surface area (TPSA) is 40.6 Å². The summed E-state index contributed by atoms with van der Waals surface area (Å²) in [6, 6.07) is 6.14. The van der Waals surface area contributed by atoms with Gasteiger partial charge in [0.15, 0.2) is 0 Å². The first-order valence-electron chi connectivity index (χ1n) is 10.8. The fourth-order valence-electron chi connectivity index (χ4n) is 4.76. The number of rotatable bonds is 6. The standard InChI is InChI=1S/C24H34N2O2/c1-6-7-8-11-26-23(27)21(20-10-9-16(2)13-19(20)5)22(24(26)28)25-14-17(3)12-18(4)15-25/h9-10,13,17-18H,6-8,11-12,14-15H2,1-5H3. The van der Waals surface area contributed by atoms with Gasteiger partial charge in [-0.2, -0.15) is 0 Å². The first-order chi connectivity index (χ1) is 13.3. The number of imide groups is 1. The van der Waals surface area contributed by atoms with Gasteiger partial charge < -0.3 is 4.90 Å². The van der Waals surface area contributed by atoms with Crippen LogP contribution in [0.4, 0.5) is 0 Å². The Kier molecular flexibility index (Phi) is 6.26. The van der Waals surface area contributed by atoms with E-state index in [1.807, 2.05) is 19.1 Å². The van der Waals surface area contributed by atoms with Crippen molar-refractivity contribution in [2.45, 2.75) is 60.3 Å². The van der Waals surface area contributed by atoms with E-state index < -0.39 is 0 Å². The lowest BCUT2D eigenvalue weighted by molar-refractivity contribution is -0.137. The zero-order valence-corrected chi connectivity index (χ0v) is 18.0. The minimum absolute atomic E-state index is 0.0996. The summed E-state index contributed by atoms with van der Waals surface area (Å²) in [5, 5.41) is 0. The molecule has 1 aromatic carbocycles. The molecular formula is C24H34N2O2. The monoisotopic (exact) mass is 382 g/mol. The van der Waals surface area contributed by atoms with Crippen LogP contribution in [0.5, 0.6) is 0 Å². The van der Waals surface area contributed by atoms with Gasteiger partial charge in [0, 0.05) is 19.6 Å². The fourth-order valence-corrected chi connectivity index (χ4v) is 4.76. The van der Waals surface area contributed by atoms with Crippen LogP contribution >= 0.6 is 0 Å². The maximum atomic E-state index is 13.4. The van der Waals surface area contributed by atoms with Crippen LogP contribution in [0.25, 0.3) is 5.57 Å². The number of carbonyl (C=O) groups excluding carboxylic acids is 2. The Morgan fingerprint density at radius 2 is 1.68 bits per heavy atom. The molecular weight excluding hydrogens is 348 g/mol. The number of piperidine rings is 1. The van der Waals surface area contributed by atoms with Crippen molar-refractivity contribution in [3.8, 4) is 0 Å². The third-order valence-electron chi connectivity index (χ3n) is 5.97. The maximum absolute atomic E-state index is 13.4. The van der Waals surface area contributed by atoms with Crippen molar-refractivity contribution in [1.29, 1.82) is 0 Å². The summed E-state index contributed by atoms with van der Waals surface area (Å²) in [5.41, 5.74) is 4.37. The fraction of sp³-hybridized carbons (Fsp3) is 0.583. The van der Waals surface area contributed by atoms with Crippen LogP contribution in [-0.2, 0) is 9.59 Å². The lowest BCUT2D eigenvalue weighted by Crippen LogP contribution is -2.42. The minimum Gasteiger partial charge on any atom is -0.366 e. The molecule has 2 aliphatic rings. The highest BCUT2D eigenvalue weighted by atomic mass is 16.2. The van der Waals surface area contributed by atoms with Gasteiger partial charge in [-0.1, -0.05) is 57.4 Å². The van der Waals surface area contributed by atoms with E-state index in [2.05, 4.69) is 38.7 Å². The van der Waals surface area contributed by atoms with E-state index in [9.17, 15) is 9.59 Å². The Morgan fingerprint density at radius 1 is 1.00 bits per heavy atom. The molecule has 2 aliphatic heterocycles. The Bertz CT molecular complexity index is 786. The molecule has 0 aliphatic carbocycles. The molecule has 4 heteroatoms. The first-order valence-corrected chi connectivity index (χ1v) is 10.8. The zero-order chi connectivity index (χ0) is 20.4. The number of hydrogen-bond donors (Lipinski definition) is 0. The van der Waals surface area contributed by atoms with Crippen molar-refractivity contribution < 1.29 is 9.59 Å². The Labute approximate surface area is 169 Å². The molecule has 2 heterocycles. The summed E-state index contributed by atoms with van der Waals surface area (Å²) in [5.74, 6) is 0.827. The Morgan fingerprint density at radius 3 is 2.29 bits per heavy atom. The number of carbonyl (C=O) groups is 2. The van der Waals surface area contributed by atoms with Crippen LogP contribution in [0.3, 0.4) is 0 Å². The van der Waals surface area contributed by atoms with Crippen LogP contribution < -0.4 is 0 Å².